The predicted molar refractivity (Wildman–Crippen MR) is 63.3 cm³/mol. The molecule has 0 aromatic heterocycles. The third kappa shape index (κ3) is 3.60. The molecule has 0 aliphatic heterocycles. The van der Waals surface area contributed by atoms with Crippen LogP contribution in [0.4, 0.5) is 13.2 Å². The summed E-state index contributed by atoms with van der Waals surface area (Å²) in [4.78, 5) is 11.6. The van der Waals surface area contributed by atoms with Crippen LogP contribution in [0.3, 0.4) is 0 Å². The van der Waals surface area contributed by atoms with E-state index in [0.29, 0.717) is 0 Å². The minimum Gasteiger partial charge on any atom is -0.508 e. The minimum absolute atomic E-state index is 0.0472. The van der Waals surface area contributed by atoms with Crippen molar-refractivity contribution in [3.8, 4) is 5.75 Å². The molecule has 0 saturated heterocycles. The summed E-state index contributed by atoms with van der Waals surface area (Å²) >= 11 is 0. The molecule has 0 fully saturated rings. The second kappa shape index (κ2) is 5.48. The van der Waals surface area contributed by atoms with Gasteiger partial charge in [0.2, 0.25) is 5.91 Å². The fraction of sp³-hybridized carbons (Fsp3) is 0.417. The Morgan fingerprint density at radius 1 is 1.32 bits per heavy atom. The molecule has 1 rings (SSSR count). The van der Waals surface area contributed by atoms with Gasteiger partial charge >= 0.3 is 6.18 Å². The molecular weight excluding hydrogens is 261 g/mol. The average molecular weight is 276 g/mol. The Balaban J connectivity index is 3.12. The number of halogens is 3. The van der Waals surface area contributed by atoms with E-state index in [1.165, 1.54) is 24.3 Å². The standard InChI is InChI=1S/C12H15F3N2O2/c1-2-11(10(16)19,17-7-12(13,14)15)8-3-5-9(18)6-4-8/h3-6,17-18H,2,7H2,1H3,(H2,16,19). The second-order valence-corrected chi connectivity index (χ2v) is 4.14. The maximum Gasteiger partial charge on any atom is 0.401 e. The van der Waals surface area contributed by atoms with Gasteiger partial charge < -0.3 is 10.8 Å². The zero-order valence-corrected chi connectivity index (χ0v) is 10.3. The number of hydrogen-bond acceptors (Lipinski definition) is 3. The lowest BCUT2D eigenvalue weighted by molar-refractivity contribution is -0.136. The number of hydrogen-bond donors (Lipinski definition) is 3. The monoisotopic (exact) mass is 276 g/mol. The SMILES string of the molecule is CCC(NCC(F)(F)F)(C(N)=O)c1ccc(O)cc1. The molecule has 0 spiro atoms. The van der Waals surface area contributed by atoms with Crippen LogP contribution in [0.5, 0.6) is 5.75 Å². The smallest absolute Gasteiger partial charge is 0.401 e. The van der Waals surface area contributed by atoms with Crippen LogP contribution in [0.2, 0.25) is 0 Å². The van der Waals surface area contributed by atoms with Gasteiger partial charge in [0, 0.05) is 0 Å². The van der Waals surface area contributed by atoms with Gasteiger partial charge in [0.1, 0.15) is 11.3 Å². The molecule has 0 aliphatic carbocycles. The molecule has 1 atom stereocenters. The lowest BCUT2D eigenvalue weighted by atomic mass is 9.86. The predicted octanol–water partition coefficient (Wildman–Crippen LogP) is 1.63. The topological polar surface area (TPSA) is 75.3 Å². The highest BCUT2D eigenvalue weighted by Gasteiger charge is 2.40. The lowest BCUT2D eigenvalue weighted by Crippen LogP contribution is -2.54. The molecular formula is C12H15F3N2O2. The van der Waals surface area contributed by atoms with Gasteiger partial charge in [-0.25, -0.2) is 0 Å². The van der Waals surface area contributed by atoms with Gasteiger partial charge in [0.15, 0.2) is 0 Å². The fourth-order valence-corrected chi connectivity index (χ4v) is 1.83. The number of amides is 1. The number of nitrogens with one attached hydrogen (secondary N) is 1. The number of carbonyl (C=O) groups excluding carboxylic acids is 1. The molecule has 1 aromatic rings. The van der Waals surface area contributed by atoms with E-state index in [-0.39, 0.29) is 17.7 Å². The molecule has 106 valence electrons. The molecule has 19 heavy (non-hydrogen) atoms. The molecule has 0 radical (unpaired) electrons. The van der Waals surface area contributed by atoms with Crippen molar-refractivity contribution in [3.05, 3.63) is 29.8 Å². The fourth-order valence-electron chi connectivity index (χ4n) is 1.83. The number of nitrogens with two attached hydrogens (primary N) is 1. The number of primary amides is 1. The van der Waals surface area contributed by atoms with Crippen molar-refractivity contribution in [2.75, 3.05) is 6.54 Å². The van der Waals surface area contributed by atoms with Crippen molar-refractivity contribution in [2.24, 2.45) is 5.73 Å². The lowest BCUT2D eigenvalue weighted by Gasteiger charge is -2.31. The summed E-state index contributed by atoms with van der Waals surface area (Å²) in [6, 6.07) is 5.32. The van der Waals surface area contributed by atoms with Crippen LogP contribution in [0.1, 0.15) is 18.9 Å². The molecule has 0 aliphatic rings. The van der Waals surface area contributed by atoms with Gasteiger partial charge in [-0.2, -0.15) is 13.2 Å². The summed E-state index contributed by atoms with van der Waals surface area (Å²) in [5, 5.41) is 11.4. The van der Waals surface area contributed by atoms with Crippen LogP contribution in [0.15, 0.2) is 24.3 Å². The molecule has 1 unspecified atom stereocenters. The molecule has 0 bridgehead atoms. The zero-order valence-electron chi connectivity index (χ0n) is 10.3. The van der Waals surface area contributed by atoms with Crippen LogP contribution in [0, 0.1) is 0 Å². The van der Waals surface area contributed by atoms with Crippen LogP contribution in [0.25, 0.3) is 0 Å². The van der Waals surface area contributed by atoms with Gasteiger partial charge in [-0.3, -0.25) is 10.1 Å². The van der Waals surface area contributed by atoms with Gasteiger partial charge in [0.05, 0.1) is 6.54 Å². The van der Waals surface area contributed by atoms with Crippen molar-refractivity contribution >= 4 is 5.91 Å². The first kappa shape index (κ1) is 15.3. The summed E-state index contributed by atoms with van der Waals surface area (Å²) < 4.78 is 36.9. The van der Waals surface area contributed by atoms with Crippen molar-refractivity contribution in [1.29, 1.82) is 0 Å². The average Bonchev–Trinajstić information content (AvgIpc) is 2.30. The maximum atomic E-state index is 12.3. The van der Waals surface area contributed by atoms with E-state index in [4.69, 9.17) is 5.73 Å². The highest BCUT2D eigenvalue weighted by molar-refractivity contribution is 5.86. The number of rotatable bonds is 5. The number of carbonyl (C=O) groups is 1. The summed E-state index contributed by atoms with van der Waals surface area (Å²) in [6.07, 6.45) is -4.39. The Bertz CT molecular complexity index is 445. The summed E-state index contributed by atoms with van der Waals surface area (Å²) in [6.45, 7) is 0.228. The van der Waals surface area contributed by atoms with E-state index in [1.807, 2.05) is 0 Å². The number of alkyl halides is 3. The van der Waals surface area contributed by atoms with Crippen molar-refractivity contribution in [3.63, 3.8) is 0 Å². The Hall–Kier alpha value is -1.76. The normalized spacial score (nSPS) is 14.9. The van der Waals surface area contributed by atoms with Crippen LogP contribution in [-0.4, -0.2) is 23.7 Å². The highest BCUT2D eigenvalue weighted by atomic mass is 19.4. The zero-order chi connectivity index (χ0) is 14.7. The third-order valence-corrected chi connectivity index (χ3v) is 2.90. The first-order valence-electron chi connectivity index (χ1n) is 5.62. The number of benzene rings is 1. The summed E-state index contributed by atoms with van der Waals surface area (Å²) in [7, 11) is 0. The van der Waals surface area contributed by atoms with E-state index in [9.17, 15) is 23.1 Å². The number of aromatic hydroxyl groups is 1. The van der Waals surface area contributed by atoms with Crippen molar-refractivity contribution in [2.45, 2.75) is 25.1 Å². The Kier molecular flexibility index (Phi) is 4.41. The largest absolute Gasteiger partial charge is 0.508 e. The summed E-state index contributed by atoms with van der Waals surface area (Å²) in [5.41, 5.74) is 3.92. The molecule has 1 amide bonds. The molecule has 1 aromatic carbocycles. The van der Waals surface area contributed by atoms with Crippen molar-refractivity contribution in [1.82, 2.24) is 5.32 Å². The molecule has 7 heteroatoms. The molecule has 4 N–H and O–H groups in total. The Labute approximate surface area is 108 Å². The molecule has 4 nitrogen and oxygen atoms in total. The van der Waals surface area contributed by atoms with Gasteiger partial charge in [0.25, 0.3) is 0 Å². The quantitative estimate of drug-likeness (QED) is 0.765. The first-order valence-corrected chi connectivity index (χ1v) is 5.62. The minimum atomic E-state index is -4.45. The number of phenols is 1. The van der Waals surface area contributed by atoms with E-state index >= 15 is 0 Å². The van der Waals surface area contributed by atoms with E-state index in [0.717, 1.165) is 0 Å². The van der Waals surface area contributed by atoms with Gasteiger partial charge in [-0.1, -0.05) is 19.1 Å². The van der Waals surface area contributed by atoms with E-state index in [1.54, 1.807) is 6.92 Å². The van der Waals surface area contributed by atoms with Crippen LogP contribution < -0.4 is 11.1 Å². The Morgan fingerprint density at radius 3 is 2.21 bits per heavy atom. The van der Waals surface area contributed by atoms with E-state index in [2.05, 4.69) is 5.32 Å². The van der Waals surface area contributed by atoms with Gasteiger partial charge in [-0.15, -0.1) is 0 Å². The Morgan fingerprint density at radius 2 is 1.84 bits per heavy atom. The van der Waals surface area contributed by atoms with E-state index < -0.39 is 24.2 Å². The van der Waals surface area contributed by atoms with Crippen molar-refractivity contribution < 1.29 is 23.1 Å². The van der Waals surface area contributed by atoms with Crippen LogP contribution in [-0.2, 0) is 10.3 Å². The summed E-state index contributed by atoms with van der Waals surface area (Å²) in [5.74, 6) is -0.945. The second-order valence-electron chi connectivity index (χ2n) is 4.14. The molecule has 0 saturated carbocycles. The first-order chi connectivity index (χ1) is 8.71. The maximum absolute atomic E-state index is 12.3. The number of phenolic OH excluding ortho intramolecular Hbond substituents is 1. The third-order valence-electron chi connectivity index (χ3n) is 2.90. The van der Waals surface area contributed by atoms with Gasteiger partial charge in [-0.05, 0) is 24.1 Å². The highest BCUT2D eigenvalue weighted by Crippen LogP contribution is 2.28. The van der Waals surface area contributed by atoms with Crippen LogP contribution >= 0.6 is 0 Å². The molecule has 0 heterocycles.